The van der Waals surface area contributed by atoms with Crippen molar-refractivity contribution < 1.29 is 18.9 Å². The van der Waals surface area contributed by atoms with Crippen molar-refractivity contribution in [3.8, 4) is 0 Å². The van der Waals surface area contributed by atoms with Crippen LogP contribution in [0.3, 0.4) is 0 Å². The number of rotatable bonds is 6. The Kier molecular flexibility index (Phi) is 7.35. The smallest absolute Gasteiger partial charge is 0.262 e. The van der Waals surface area contributed by atoms with Crippen LogP contribution in [0.4, 0.5) is 10.1 Å². The van der Waals surface area contributed by atoms with Gasteiger partial charge in [0.2, 0.25) is 5.91 Å². The predicted molar refractivity (Wildman–Crippen MR) is 111 cm³/mol. The summed E-state index contributed by atoms with van der Waals surface area (Å²) in [4.78, 5) is 27.5. The van der Waals surface area contributed by atoms with Crippen LogP contribution in [0.1, 0.15) is 12.0 Å². The Bertz CT molecular complexity index is 849. The average molecular weight is 397 g/mol. The fourth-order valence-electron chi connectivity index (χ4n) is 3.27. The molecule has 1 heterocycles. The molecule has 1 aliphatic rings. The molecule has 0 spiro atoms. The van der Waals surface area contributed by atoms with Gasteiger partial charge in [-0.2, -0.15) is 0 Å². The Morgan fingerprint density at radius 3 is 2.41 bits per heavy atom. The Morgan fingerprint density at radius 1 is 1.00 bits per heavy atom. The van der Waals surface area contributed by atoms with Crippen LogP contribution in [0.2, 0.25) is 0 Å². The number of carbonyl (C=O) groups excluding carboxylic acids is 2. The first-order valence-electron chi connectivity index (χ1n) is 9.77. The number of halogens is 1. The summed E-state index contributed by atoms with van der Waals surface area (Å²) in [5.41, 5.74) is 6.27. The summed E-state index contributed by atoms with van der Waals surface area (Å²) >= 11 is 0. The molecule has 0 saturated carbocycles. The minimum absolute atomic E-state index is 0.240. The van der Waals surface area contributed by atoms with Crippen molar-refractivity contribution in [3.05, 3.63) is 72.1 Å². The molecule has 0 aliphatic carbocycles. The van der Waals surface area contributed by atoms with Crippen molar-refractivity contribution in [1.82, 2.24) is 10.9 Å². The molecule has 0 unspecified atom stereocenters. The predicted octanol–water partition coefficient (Wildman–Crippen LogP) is 0.782. The number of nitrogens with zero attached hydrogens (tertiary/aromatic N) is 1. The molecule has 2 amide bonds. The lowest BCUT2D eigenvalue weighted by Gasteiger charge is -2.33. The van der Waals surface area contributed by atoms with Gasteiger partial charge in [0.15, 0.2) is 0 Å². The van der Waals surface area contributed by atoms with Gasteiger partial charge in [-0.25, -0.2) is 4.39 Å². The van der Waals surface area contributed by atoms with E-state index >= 15 is 0 Å². The number of nitrogens with one attached hydrogen (secondary N) is 3. The molecule has 1 saturated heterocycles. The van der Waals surface area contributed by atoms with E-state index in [4.69, 9.17) is 0 Å². The number of hydrogen-bond acceptors (Lipinski definition) is 3. The van der Waals surface area contributed by atoms with Crippen molar-refractivity contribution in [3.63, 3.8) is 0 Å². The Labute approximate surface area is 170 Å². The summed E-state index contributed by atoms with van der Waals surface area (Å²) in [6.45, 7) is 4.58. The van der Waals surface area contributed by atoms with Crippen LogP contribution < -0.4 is 20.7 Å². The van der Waals surface area contributed by atoms with Crippen LogP contribution in [-0.4, -0.2) is 44.5 Å². The van der Waals surface area contributed by atoms with Crippen LogP contribution in [-0.2, 0) is 9.59 Å². The number of amides is 2. The van der Waals surface area contributed by atoms with Crippen LogP contribution in [0.5, 0.6) is 0 Å². The molecule has 1 fully saturated rings. The van der Waals surface area contributed by atoms with Gasteiger partial charge in [-0.05, 0) is 24.3 Å². The van der Waals surface area contributed by atoms with E-state index in [2.05, 4.69) is 27.9 Å². The van der Waals surface area contributed by atoms with E-state index < -0.39 is 11.7 Å². The molecule has 0 radical (unpaired) electrons. The highest BCUT2D eigenvalue weighted by atomic mass is 19.1. The van der Waals surface area contributed by atoms with Gasteiger partial charge in [0.1, 0.15) is 5.82 Å². The number of piperazine rings is 1. The second kappa shape index (κ2) is 10.4. The maximum Gasteiger partial charge on any atom is 0.262 e. The van der Waals surface area contributed by atoms with Crippen molar-refractivity contribution in [2.75, 3.05) is 37.6 Å². The second-order valence-electron chi connectivity index (χ2n) is 6.96. The highest BCUT2D eigenvalue weighted by Crippen LogP contribution is 2.12. The highest BCUT2D eigenvalue weighted by molar-refractivity contribution is 5.93. The van der Waals surface area contributed by atoms with Crippen LogP contribution in [0.15, 0.2) is 60.7 Å². The number of carbonyl (C=O) groups is 2. The molecular weight excluding hydrogens is 371 g/mol. The topological polar surface area (TPSA) is 65.9 Å². The van der Waals surface area contributed by atoms with Crippen molar-refractivity contribution >= 4 is 23.6 Å². The molecule has 3 rings (SSSR count). The quantitative estimate of drug-likeness (QED) is 0.499. The first kappa shape index (κ1) is 20.5. The van der Waals surface area contributed by atoms with E-state index in [1.807, 2.05) is 18.2 Å². The molecule has 29 heavy (non-hydrogen) atoms. The average Bonchev–Trinajstić information content (AvgIpc) is 2.76. The SMILES string of the molecule is O=C(/C=C/c1ccccc1F)NNC(=O)CC[NH+]1CCN(c2ccccc2)CC1. The molecule has 3 N–H and O–H groups in total. The highest BCUT2D eigenvalue weighted by Gasteiger charge is 2.20. The lowest BCUT2D eigenvalue weighted by atomic mass is 10.2. The van der Waals surface area contributed by atoms with Crippen LogP contribution >= 0.6 is 0 Å². The Balaban J connectivity index is 1.33. The molecule has 0 aromatic heterocycles. The maximum atomic E-state index is 13.5. The molecule has 6 nitrogen and oxygen atoms in total. The normalized spacial score (nSPS) is 14.7. The second-order valence-corrected chi connectivity index (χ2v) is 6.96. The molecule has 2 aromatic rings. The number of hydrogen-bond donors (Lipinski definition) is 3. The fourth-order valence-corrected chi connectivity index (χ4v) is 3.27. The van der Waals surface area contributed by atoms with Gasteiger partial charge in [0.05, 0.1) is 39.1 Å². The zero-order valence-electron chi connectivity index (χ0n) is 16.2. The van der Waals surface area contributed by atoms with Crippen molar-refractivity contribution in [2.45, 2.75) is 6.42 Å². The zero-order valence-corrected chi connectivity index (χ0v) is 16.2. The monoisotopic (exact) mass is 397 g/mol. The summed E-state index contributed by atoms with van der Waals surface area (Å²) in [5.74, 6) is -1.16. The van der Waals surface area contributed by atoms with E-state index in [-0.39, 0.29) is 5.91 Å². The molecular formula is C22H26FN4O2+. The van der Waals surface area contributed by atoms with E-state index in [0.717, 1.165) is 32.7 Å². The van der Waals surface area contributed by atoms with Gasteiger partial charge < -0.3 is 9.80 Å². The van der Waals surface area contributed by atoms with Crippen molar-refractivity contribution in [1.29, 1.82) is 0 Å². The third-order valence-corrected chi connectivity index (χ3v) is 4.94. The lowest BCUT2D eigenvalue weighted by molar-refractivity contribution is -0.900. The van der Waals surface area contributed by atoms with Gasteiger partial charge >= 0.3 is 0 Å². The summed E-state index contributed by atoms with van der Waals surface area (Å²) in [6, 6.07) is 16.5. The summed E-state index contributed by atoms with van der Waals surface area (Å²) in [5, 5.41) is 0. The molecule has 1 aliphatic heterocycles. The maximum absolute atomic E-state index is 13.5. The van der Waals surface area contributed by atoms with Gasteiger partial charge in [-0.1, -0.05) is 36.4 Å². The largest absolute Gasteiger partial charge is 0.360 e. The number of hydrazine groups is 1. The summed E-state index contributed by atoms with van der Waals surface area (Å²) in [7, 11) is 0. The fraction of sp³-hybridized carbons (Fsp3) is 0.273. The number of para-hydroxylation sites is 1. The third-order valence-electron chi connectivity index (χ3n) is 4.94. The van der Waals surface area contributed by atoms with Crippen LogP contribution in [0, 0.1) is 5.82 Å². The minimum Gasteiger partial charge on any atom is -0.360 e. The summed E-state index contributed by atoms with van der Waals surface area (Å²) < 4.78 is 13.5. The standard InChI is InChI=1S/C22H25FN4O2/c23-20-9-5-4-6-18(20)10-11-21(28)24-25-22(29)12-13-26-14-16-27(17-15-26)19-7-2-1-3-8-19/h1-11H,12-17H2,(H,24,28)(H,25,29)/p+1/b11-10+. The van der Waals surface area contributed by atoms with E-state index in [9.17, 15) is 14.0 Å². The molecule has 2 aromatic carbocycles. The molecule has 152 valence electrons. The number of quaternary nitrogens is 1. The van der Waals surface area contributed by atoms with Gasteiger partial charge in [0.25, 0.3) is 5.91 Å². The van der Waals surface area contributed by atoms with Crippen LogP contribution in [0.25, 0.3) is 6.08 Å². The first-order valence-corrected chi connectivity index (χ1v) is 9.77. The van der Waals surface area contributed by atoms with Gasteiger partial charge in [-0.15, -0.1) is 0 Å². The molecule has 0 bridgehead atoms. The Hall–Kier alpha value is -3.19. The van der Waals surface area contributed by atoms with E-state index in [1.165, 1.54) is 28.8 Å². The lowest BCUT2D eigenvalue weighted by Crippen LogP contribution is -3.15. The Morgan fingerprint density at radius 2 is 1.69 bits per heavy atom. The summed E-state index contributed by atoms with van der Waals surface area (Å²) in [6.07, 6.45) is 2.89. The zero-order chi connectivity index (χ0) is 20.5. The molecule has 7 heteroatoms. The first-order chi connectivity index (χ1) is 14.1. The minimum atomic E-state index is -0.509. The van der Waals surface area contributed by atoms with Gasteiger partial charge in [0, 0.05) is 17.3 Å². The molecule has 0 atom stereocenters. The van der Waals surface area contributed by atoms with Crippen molar-refractivity contribution in [2.24, 2.45) is 0 Å². The van der Waals surface area contributed by atoms with E-state index in [0.29, 0.717) is 12.0 Å². The number of anilines is 1. The third kappa shape index (κ3) is 6.43. The van der Waals surface area contributed by atoms with E-state index in [1.54, 1.807) is 18.2 Å². The van der Waals surface area contributed by atoms with Gasteiger partial charge in [-0.3, -0.25) is 20.4 Å². The number of benzene rings is 2.